The molecule has 0 bridgehead atoms. The molecule has 2 aromatic rings. The number of benzene rings is 1. The van der Waals surface area contributed by atoms with Crippen LogP contribution in [0, 0.1) is 18.3 Å². The van der Waals surface area contributed by atoms with E-state index in [-0.39, 0.29) is 42.4 Å². The average molecular weight is 459 g/mol. The number of hydrogen-bond donors (Lipinski definition) is 1. The molecule has 4 nitrogen and oxygen atoms in total. The number of alkyl halides is 3. The third-order valence-corrected chi connectivity index (χ3v) is 5.35. The van der Waals surface area contributed by atoms with Gasteiger partial charge in [-0.2, -0.15) is 13.2 Å². The zero-order valence-corrected chi connectivity index (χ0v) is 19.5. The SMILES string of the molecule is Cc1c(-c2ccc(Cl)cc2)c(C(=O)N(C)CC(C)(C)CO)n(CC(C)C)c1C(F)(F)F. The Morgan fingerprint density at radius 3 is 2.19 bits per heavy atom. The van der Waals surface area contributed by atoms with Crippen LogP contribution >= 0.6 is 11.6 Å². The summed E-state index contributed by atoms with van der Waals surface area (Å²) < 4.78 is 43.5. The first-order valence-electron chi connectivity index (χ1n) is 10.1. The Bertz CT molecular complexity index is 932. The fourth-order valence-electron chi connectivity index (χ4n) is 3.80. The van der Waals surface area contributed by atoms with Gasteiger partial charge in [0.1, 0.15) is 11.4 Å². The molecule has 0 radical (unpaired) electrons. The molecular weight excluding hydrogens is 429 g/mol. The Kier molecular flexibility index (Phi) is 7.54. The molecule has 1 heterocycles. The van der Waals surface area contributed by atoms with Crippen molar-refractivity contribution in [3.63, 3.8) is 0 Å². The van der Waals surface area contributed by atoms with Gasteiger partial charge in [-0.3, -0.25) is 4.79 Å². The third-order valence-electron chi connectivity index (χ3n) is 5.10. The van der Waals surface area contributed by atoms with E-state index in [2.05, 4.69) is 0 Å². The summed E-state index contributed by atoms with van der Waals surface area (Å²) in [6.45, 7) is 8.67. The van der Waals surface area contributed by atoms with Crippen LogP contribution in [0.15, 0.2) is 24.3 Å². The minimum Gasteiger partial charge on any atom is -0.396 e. The summed E-state index contributed by atoms with van der Waals surface area (Å²) in [6, 6.07) is 6.43. The monoisotopic (exact) mass is 458 g/mol. The fraction of sp³-hybridized carbons (Fsp3) is 0.522. The van der Waals surface area contributed by atoms with E-state index in [1.54, 1.807) is 45.2 Å². The van der Waals surface area contributed by atoms with Crippen molar-refractivity contribution < 1.29 is 23.1 Å². The Morgan fingerprint density at radius 2 is 1.74 bits per heavy atom. The van der Waals surface area contributed by atoms with Gasteiger partial charge >= 0.3 is 6.18 Å². The van der Waals surface area contributed by atoms with Crippen molar-refractivity contribution in [2.75, 3.05) is 20.2 Å². The predicted octanol–water partition coefficient (Wildman–Crippen LogP) is 5.88. The first-order chi connectivity index (χ1) is 14.2. The zero-order valence-electron chi connectivity index (χ0n) is 18.8. The van der Waals surface area contributed by atoms with Gasteiger partial charge in [-0.25, -0.2) is 0 Å². The molecule has 0 atom stereocenters. The maximum atomic E-state index is 14.1. The number of aliphatic hydroxyl groups is 1. The maximum Gasteiger partial charge on any atom is 0.431 e. The van der Waals surface area contributed by atoms with Crippen molar-refractivity contribution >= 4 is 17.5 Å². The van der Waals surface area contributed by atoms with Crippen molar-refractivity contribution in [2.24, 2.45) is 11.3 Å². The highest BCUT2D eigenvalue weighted by atomic mass is 35.5. The summed E-state index contributed by atoms with van der Waals surface area (Å²) in [6.07, 6.45) is -4.62. The quantitative estimate of drug-likeness (QED) is 0.563. The smallest absolute Gasteiger partial charge is 0.396 e. The molecule has 2 rings (SSSR count). The lowest BCUT2D eigenvalue weighted by atomic mass is 9.94. The molecule has 0 unspecified atom stereocenters. The number of rotatable bonds is 7. The van der Waals surface area contributed by atoms with Crippen LogP contribution in [0.5, 0.6) is 0 Å². The number of aromatic nitrogens is 1. The molecule has 1 amide bonds. The second-order valence-corrected chi connectivity index (χ2v) is 9.63. The predicted molar refractivity (Wildman–Crippen MR) is 117 cm³/mol. The van der Waals surface area contributed by atoms with Crippen LogP contribution in [0.2, 0.25) is 5.02 Å². The molecule has 1 N–H and O–H groups in total. The molecule has 0 saturated heterocycles. The summed E-state index contributed by atoms with van der Waals surface area (Å²) in [5.41, 5.74) is -0.659. The minimum atomic E-state index is -4.62. The van der Waals surface area contributed by atoms with Crippen molar-refractivity contribution in [3.8, 4) is 11.1 Å². The van der Waals surface area contributed by atoms with Gasteiger partial charge in [-0.05, 0) is 36.1 Å². The maximum absolute atomic E-state index is 14.1. The van der Waals surface area contributed by atoms with E-state index in [0.29, 0.717) is 10.6 Å². The second-order valence-electron chi connectivity index (χ2n) is 9.19. The molecule has 0 saturated carbocycles. The third kappa shape index (κ3) is 5.63. The number of carbonyl (C=O) groups is 1. The van der Waals surface area contributed by atoms with Gasteiger partial charge in [-0.1, -0.05) is 51.4 Å². The lowest BCUT2D eigenvalue weighted by molar-refractivity contribution is -0.144. The van der Waals surface area contributed by atoms with Gasteiger partial charge in [0.25, 0.3) is 5.91 Å². The summed E-state index contributed by atoms with van der Waals surface area (Å²) in [4.78, 5) is 14.9. The molecule has 1 aromatic carbocycles. The lowest BCUT2D eigenvalue weighted by Gasteiger charge is -2.29. The molecule has 0 aliphatic rings. The van der Waals surface area contributed by atoms with Crippen LogP contribution in [0.25, 0.3) is 11.1 Å². The Balaban J connectivity index is 2.81. The summed E-state index contributed by atoms with van der Waals surface area (Å²) in [5.74, 6) is -0.637. The Hall–Kier alpha value is -1.99. The van der Waals surface area contributed by atoms with Crippen LogP contribution in [0.3, 0.4) is 0 Å². The van der Waals surface area contributed by atoms with E-state index in [9.17, 15) is 23.1 Å². The lowest BCUT2D eigenvalue weighted by Crippen LogP contribution is -2.39. The zero-order chi connectivity index (χ0) is 23.7. The summed E-state index contributed by atoms with van der Waals surface area (Å²) in [5, 5.41) is 10.0. The average Bonchev–Trinajstić information content (AvgIpc) is 2.92. The molecule has 0 fully saturated rings. The van der Waals surface area contributed by atoms with Crippen LogP contribution in [0.4, 0.5) is 13.2 Å². The van der Waals surface area contributed by atoms with E-state index in [1.807, 2.05) is 13.8 Å². The largest absolute Gasteiger partial charge is 0.431 e. The Labute approximate surface area is 186 Å². The summed E-state index contributed by atoms with van der Waals surface area (Å²) >= 11 is 5.97. The standard InChI is InChI=1S/C23H30ClF3N2O2/c1-14(2)11-29-19(21(31)28(6)12-22(4,5)13-30)18(15(3)20(29)23(25,26)27)16-7-9-17(24)10-8-16/h7-10,14,30H,11-13H2,1-6H3. The molecule has 8 heteroatoms. The van der Waals surface area contributed by atoms with E-state index >= 15 is 0 Å². The molecule has 31 heavy (non-hydrogen) atoms. The van der Waals surface area contributed by atoms with Crippen LogP contribution in [-0.4, -0.2) is 40.7 Å². The van der Waals surface area contributed by atoms with Gasteiger partial charge in [0, 0.05) is 42.7 Å². The van der Waals surface area contributed by atoms with Crippen LogP contribution < -0.4 is 0 Å². The first kappa shape index (κ1) is 25.3. The first-order valence-corrected chi connectivity index (χ1v) is 10.5. The minimum absolute atomic E-state index is 0.00270. The van der Waals surface area contributed by atoms with E-state index < -0.39 is 23.2 Å². The number of halogens is 4. The number of amides is 1. The highest BCUT2D eigenvalue weighted by molar-refractivity contribution is 6.30. The van der Waals surface area contributed by atoms with Crippen LogP contribution in [-0.2, 0) is 12.7 Å². The van der Waals surface area contributed by atoms with Crippen molar-refractivity contribution in [1.82, 2.24) is 9.47 Å². The molecule has 0 aliphatic carbocycles. The van der Waals surface area contributed by atoms with Crippen molar-refractivity contribution in [3.05, 3.63) is 46.2 Å². The fourth-order valence-corrected chi connectivity index (χ4v) is 3.92. The number of hydrogen-bond acceptors (Lipinski definition) is 2. The molecule has 0 aliphatic heterocycles. The van der Waals surface area contributed by atoms with E-state index in [1.165, 1.54) is 11.8 Å². The van der Waals surface area contributed by atoms with Crippen LogP contribution in [0.1, 0.15) is 49.4 Å². The highest BCUT2D eigenvalue weighted by Gasteiger charge is 2.41. The molecule has 0 spiro atoms. The second kappa shape index (κ2) is 9.25. The van der Waals surface area contributed by atoms with Gasteiger partial charge in [-0.15, -0.1) is 0 Å². The normalized spacial score (nSPS) is 12.5. The highest BCUT2D eigenvalue weighted by Crippen LogP contribution is 2.42. The van der Waals surface area contributed by atoms with E-state index in [0.717, 1.165) is 4.57 Å². The Morgan fingerprint density at radius 1 is 1.19 bits per heavy atom. The van der Waals surface area contributed by atoms with Gasteiger partial charge in [0.05, 0.1) is 0 Å². The van der Waals surface area contributed by atoms with Gasteiger partial charge in [0.2, 0.25) is 0 Å². The number of aliphatic hydroxyl groups excluding tert-OH is 1. The molecular formula is C23H30ClF3N2O2. The van der Waals surface area contributed by atoms with Crippen molar-refractivity contribution in [2.45, 2.75) is 47.3 Å². The number of nitrogens with zero attached hydrogens (tertiary/aromatic N) is 2. The van der Waals surface area contributed by atoms with Gasteiger partial charge in [0.15, 0.2) is 0 Å². The molecule has 1 aromatic heterocycles. The van der Waals surface area contributed by atoms with Crippen molar-refractivity contribution in [1.29, 1.82) is 0 Å². The number of carbonyl (C=O) groups excluding carboxylic acids is 1. The summed E-state index contributed by atoms with van der Waals surface area (Å²) in [7, 11) is 1.54. The topological polar surface area (TPSA) is 45.5 Å². The molecule has 172 valence electrons. The van der Waals surface area contributed by atoms with E-state index in [4.69, 9.17) is 11.6 Å². The van der Waals surface area contributed by atoms with Gasteiger partial charge < -0.3 is 14.6 Å².